The summed E-state index contributed by atoms with van der Waals surface area (Å²) in [6, 6.07) is 5.78. The second kappa shape index (κ2) is 6.62. The monoisotopic (exact) mass is 375 g/mol. The van der Waals surface area contributed by atoms with Gasteiger partial charge in [-0.3, -0.25) is 4.99 Å². The number of hydrogen-bond donors (Lipinski definition) is 1. The number of fused-ring (bicyclic) bond motifs is 1. The van der Waals surface area contributed by atoms with Crippen LogP contribution in [0.1, 0.15) is 10.4 Å². The molecule has 1 saturated heterocycles. The Morgan fingerprint density at radius 3 is 2.92 bits per heavy atom. The van der Waals surface area contributed by atoms with Crippen LogP contribution >= 0.6 is 23.6 Å². The third-order valence-corrected chi connectivity index (χ3v) is 5.50. The van der Waals surface area contributed by atoms with Crippen molar-refractivity contribution in [1.29, 1.82) is 0 Å². The molecule has 2 aliphatic rings. The minimum absolute atomic E-state index is 0.166. The van der Waals surface area contributed by atoms with Crippen LogP contribution in [0.4, 0.5) is 5.69 Å². The number of methoxy groups -OCH3 is 1. The van der Waals surface area contributed by atoms with E-state index in [1.54, 1.807) is 18.0 Å². The van der Waals surface area contributed by atoms with Crippen molar-refractivity contribution in [1.82, 2.24) is 4.68 Å². The Hall–Kier alpha value is -2.16. The summed E-state index contributed by atoms with van der Waals surface area (Å²) in [4.78, 5) is 5.15. The average molecular weight is 375 g/mol. The number of ether oxygens (including phenoxy) is 2. The number of rotatable bonds is 3. The van der Waals surface area contributed by atoms with Gasteiger partial charge in [0, 0.05) is 23.4 Å². The third-order valence-electron chi connectivity index (χ3n) is 4.21. The highest BCUT2D eigenvalue weighted by molar-refractivity contribution is 7.73. The van der Waals surface area contributed by atoms with Gasteiger partial charge in [-0.2, -0.15) is 0 Å². The molecule has 0 spiro atoms. The Bertz CT molecular complexity index is 924. The van der Waals surface area contributed by atoms with Crippen LogP contribution in [-0.2, 0) is 4.74 Å². The maximum Gasteiger partial charge on any atom is 0.230 e. The van der Waals surface area contributed by atoms with Gasteiger partial charge in [0.25, 0.3) is 0 Å². The lowest BCUT2D eigenvalue weighted by molar-refractivity contribution is 0.109. The van der Waals surface area contributed by atoms with E-state index in [9.17, 15) is 5.11 Å². The van der Waals surface area contributed by atoms with Crippen molar-refractivity contribution in [3.63, 3.8) is 0 Å². The molecule has 130 valence electrons. The van der Waals surface area contributed by atoms with Gasteiger partial charge < -0.3 is 19.6 Å². The molecule has 0 amide bonds. The highest BCUT2D eigenvalue weighted by Gasteiger charge is 2.20. The SMILES string of the molecule is COc1ccc2c(c1)N=C/C2=C/c1sc(=S)n(N2CCOCC2)c1O. The molecule has 0 aliphatic carbocycles. The van der Waals surface area contributed by atoms with Crippen LogP contribution in [0.3, 0.4) is 0 Å². The van der Waals surface area contributed by atoms with Gasteiger partial charge in [0.1, 0.15) is 5.75 Å². The van der Waals surface area contributed by atoms with Crippen molar-refractivity contribution < 1.29 is 14.6 Å². The molecule has 0 bridgehead atoms. The Labute approximate surface area is 154 Å². The molecule has 0 radical (unpaired) electrons. The average Bonchev–Trinajstić information content (AvgIpc) is 3.16. The Kier molecular flexibility index (Phi) is 4.32. The molecule has 4 rings (SSSR count). The zero-order valence-corrected chi connectivity index (χ0v) is 15.3. The number of thiazole rings is 1. The first-order valence-electron chi connectivity index (χ1n) is 7.89. The molecule has 1 fully saturated rings. The lowest BCUT2D eigenvalue weighted by Gasteiger charge is -2.29. The number of aromatic nitrogens is 1. The van der Waals surface area contributed by atoms with Crippen molar-refractivity contribution in [2.45, 2.75) is 0 Å². The van der Waals surface area contributed by atoms with E-state index in [1.165, 1.54) is 11.3 Å². The van der Waals surface area contributed by atoms with Crippen LogP contribution in [0.15, 0.2) is 23.2 Å². The first-order valence-corrected chi connectivity index (χ1v) is 9.12. The van der Waals surface area contributed by atoms with E-state index < -0.39 is 0 Å². The summed E-state index contributed by atoms with van der Waals surface area (Å²) in [5, 5.41) is 12.7. The Morgan fingerprint density at radius 1 is 1.36 bits per heavy atom. The summed E-state index contributed by atoms with van der Waals surface area (Å²) in [6.45, 7) is 2.68. The van der Waals surface area contributed by atoms with Crippen molar-refractivity contribution >= 4 is 47.1 Å². The maximum atomic E-state index is 10.7. The first kappa shape index (κ1) is 16.3. The van der Waals surface area contributed by atoms with E-state index in [4.69, 9.17) is 21.7 Å². The van der Waals surface area contributed by atoms with Gasteiger partial charge in [-0.05, 0) is 30.4 Å². The first-order chi connectivity index (χ1) is 12.2. The highest BCUT2D eigenvalue weighted by Crippen LogP contribution is 2.37. The van der Waals surface area contributed by atoms with Crippen LogP contribution in [0, 0.1) is 3.95 Å². The second-order valence-electron chi connectivity index (χ2n) is 5.67. The van der Waals surface area contributed by atoms with Crippen molar-refractivity contribution in [2.75, 3.05) is 38.4 Å². The molecule has 1 aromatic heterocycles. The van der Waals surface area contributed by atoms with Crippen LogP contribution in [0.2, 0.25) is 0 Å². The predicted octanol–water partition coefficient (Wildman–Crippen LogP) is 3.22. The summed E-state index contributed by atoms with van der Waals surface area (Å²) in [7, 11) is 1.64. The lowest BCUT2D eigenvalue weighted by Crippen LogP contribution is -2.43. The molecule has 8 heteroatoms. The fourth-order valence-corrected chi connectivity index (χ4v) is 4.24. The fourth-order valence-electron chi connectivity index (χ4n) is 2.93. The molecule has 0 atom stereocenters. The Balaban J connectivity index is 1.70. The molecule has 6 nitrogen and oxygen atoms in total. The minimum atomic E-state index is 0.166. The van der Waals surface area contributed by atoms with E-state index in [-0.39, 0.29) is 5.88 Å². The highest BCUT2D eigenvalue weighted by atomic mass is 32.1. The van der Waals surface area contributed by atoms with Gasteiger partial charge in [-0.15, -0.1) is 0 Å². The van der Waals surface area contributed by atoms with Crippen LogP contribution in [0.25, 0.3) is 11.6 Å². The Morgan fingerprint density at radius 2 is 2.16 bits per heavy atom. The number of aliphatic imine (C=N–C) groups is 1. The van der Waals surface area contributed by atoms with E-state index in [1.807, 2.05) is 29.3 Å². The van der Waals surface area contributed by atoms with Crippen molar-refractivity contribution in [2.24, 2.45) is 4.99 Å². The van der Waals surface area contributed by atoms with Crippen LogP contribution < -0.4 is 9.75 Å². The molecular formula is C17H17N3O3S2. The molecule has 25 heavy (non-hydrogen) atoms. The van der Waals surface area contributed by atoms with Crippen molar-refractivity contribution in [3.05, 3.63) is 32.6 Å². The standard InChI is InChI=1S/C17H17N3O3S2/c1-22-12-2-3-13-11(10-18-14(13)9-12)8-15-16(21)20(17(24)25-15)19-4-6-23-7-5-19/h2-3,8-10,21H,4-7H2,1H3/b11-8-. The molecule has 0 saturated carbocycles. The number of aromatic hydroxyl groups is 1. The van der Waals surface area contributed by atoms with Gasteiger partial charge in [-0.1, -0.05) is 11.3 Å². The van der Waals surface area contributed by atoms with Crippen LogP contribution in [-0.4, -0.2) is 49.4 Å². The number of hydrogen-bond acceptors (Lipinski definition) is 7. The number of allylic oxidation sites excluding steroid dienone is 1. The molecular weight excluding hydrogens is 358 g/mol. The molecule has 0 unspecified atom stereocenters. The van der Waals surface area contributed by atoms with Crippen molar-refractivity contribution in [3.8, 4) is 11.6 Å². The molecule has 1 aromatic carbocycles. The predicted molar refractivity (Wildman–Crippen MR) is 103 cm³/mol. The van der Waals surface area contributed by atoms with E-state index in [0.717, 1.165) is 27.5 Å². The summed E-state index contributed by atoms with van der Waals surface area (Å²) in [6.07, 6.45) is 3.72. The van der Waals surface area contributed by atoms with Crippen LogP contribution in [0.5, 0.6) is 11.6 Å². The summed E-state index contributed by atoms with van der Waals surface area (Å²) in [5.74, 6) is 0.939. The van der Waals surface area contributed by atoms with Gasteiger partial charge in [0.05, 0.1) is 44.0 Å². The zero-order chi connectivity index (χ0) is 17.4. The second-order valence-corrected chi connectivity index (χ2v) is 7.35. The van der Waals surface area contributed by atoms with E-state index >= 15 is 0 Å². The van der Waals surface area contributed by atoms with Gasteiger partial charge in [-0.25, -0.2) is 4.68 Å². The largest absolute Gasteiger partial charge is 0.497 e. The molecule has 3 heterocycles. The lowest BCUT2D eigenvalue weighted by atomic mass is 10.1. The summed E-state index contributed by atoms with van der Waals surface area (Å²) < 4.78 is 12.9. The van der Waals surface area contributed by atoms with Gasteiger partial charge >= 0.3 is 0 Å². The zero-order valence-electron chi connectivity index (χ0n) is 13.6. The van der Waals surface area contributed by atoms with E-state index in [0.29, 0.717) is 30.3 Å². The molecule has 2 aliphatic heterocycles. The smallest absolute Gasteiger partial charge is 0.230 e. The molecule has 2 aromatic rings. The number of morpholine rings is 1. The normalized spacial score (nSPS) is 18.0. The fraction of sp³-hybridized carbons (Fsp3) is 0.294. The summed E-state index contributed by atoms with van der Waals surface area (Å²) >= 11 is 6.84. The summed E-state index contributed by atoms with van der Waals surface area (Å²) in [5.41, 5.74) is 2.82. The topological polar surface area (TPSA) is 59.2 Å². The van der Waals surface area contributed by atoms with Gasteiger partial charge in [0.2, 0.25) is 5.88 Å². The number of nitrogens with zero attached hydrogens (tertiary/aromatic N) is 3. The third kappa shape index (κ3) is 2.97. The van der Waals surface area contributed by atoms with Gasteiger partial charge in [0.15, 0.2) is 3.95 Å². The quantitative estimate of drug-likeness (QED) is 0.835. The number of benzene rings is 1. The van der Waals surface area contributed by atoms with E-state index in [2.05, 4.69) is 4.99 Å². The maximum absolute atomic E-state index is 10.7. The minimum Gasteiger partial charge on any atom is -0.497 e. The molecule has 1 N–H and O–H groups in total.